The topological polar surface area (TPSA) is 84.0 Å². The Balaban J connectivity index is 1.32. The highest BCUT2D eigenvalue weighted by Gasteiger charge is 2.41. The van der Waals surface area contributed by atoms with Gasteiger partial charge in [0.1, 0.15) is 0 Å². The zero-order valence-electron chi connectivity index (χ0n) is 16.1. The summed E-state index contributed by atoms with van der Waals surface area (Å²) in [7, 11) is -3.56. The molecule has 1 saturated carbocycles. The van der Waals surface area contributed by atoms with Gasteiger partial charge in [0.15, 0.2) is 6.61 Å². The summed E-state index contributed by atoms with van der Waals surface area (Å²) >= 11 is 0. The smallest absolute Gasteiger partial charge is 0.309 e. The van der Waals surface area contributed by atoms with Crippen LogP contribution >= 0.6 is 0 Å². The summed E-state index contributed by atoms with van der Waals surface area (Å²) in [5.74, 6) is -0.299. The minimum atomic E-state index is -3.56. The van der Waals surface area contributed by atoms with Gasteiger partial charge in [-0.1, -0.05) is 13.0 Å². The van der Waals surface area contributed by atoms with E-state index in [1.54, 1.807) is 17.0 Å². The van der Waals surface area contributed by atoms with Crippen molar-refractivity contribution in [2.45, 2.75) is 37.5 Å². The molecule has 1 saturated heterocycles. The first kappa shape index (κ1) is 19.4. The lowest BCUT2D eigenvalue weighted by Gasteiger charge is -2.34. The molecule has 28 heavy (non-hydrogen) atoms. The Kier molecular flexibility index (Phi) is 5.18. The first-order valence-electron chi connectivity index (χ1n) is 9.92. The summed E-state index contributed by atoms with van der Waals surface area (Å²) in [5.41, 5.74) is 2.37. The minimum Gasteiger partial charge on any atom is -0.455 e. The third-order valence-corrected chi connectivity index (χ3v) is 7.94. The lowest BCUT2D eigenvalue weighted by atomic mass is 10.1. The number of sulfonamides is 1. The second-order valence-corrected chi connectivity index (χ2v) is 9.93. The van der Waals surface area contributed by atoms with Gasteiger partial charge in [-0.2, -0.15) is 4.31 Å². The first-order valence-corrected chi connectivity index (χ1v) is 11.4. The molecule has 1 heterocycles. The van der Waals surface area contributed by atoms with E-state index in [2.05, 4.69) is 0 Å². The Morgan fingerprint density at radius 1 is 1.11 bits per heavy atom. The molecule has 1 aliphatic heterocycles. The van der Waals surface area contributed by atoms with E-state index in [1.165, 1.54) is 9.87 Å². The van der Waals surface area contributed by atoms with Crippen molar-refractivity contribution >= 4 is 21.9 Å². The van der Waals surface area contributed by atoms with Crippen LogP contribution in [0.4, 0.5) is 0 Å². The van der Waals surface area contributed by atoms with E-state index in [9.17, 15) is 18.0 Å². The molecular formula is C20H26N2O5S. The van der Waals surface area contributed by atoms with Gasteiger partial charge in [0.2, 0.25) is 10.0 Å². The van der Waals surface area contributed by atoms with E-state index >= 15 is 0 Å². The van der Waals surface area contributed by atoms with E-state index < -0.39 is 10.0 Å². The highest BCUT2D eigenvalue weighted by atomic mass is 32.2. The lowest BCUT2D eigenvalue weighted by molar-refractivity contribution is -0.153. The summed E-state index contributed by atoms with van der Waals surface area (Å²) < 4.78 is 32.4. The third kappa shape index (κ3) is 3.80. The number of rotatable bonds is 5. The molecule has 2 fully saturated rings. The summed E-state index contributed by atoms with van der Waals surface area (Å²) in [6.07, 6.45) is 3.84. The SMILES string of the molecule is C[C@H]1C[C@H]1C(=O)OCC(=O)N1CCN(S(=O)(=O)c2ccc3c(c2)CCC3)CC1. The number of amides is 1. The van der Waals surface area contributed by atoms with Crippen molar-refractivity contribution in [3.63, 3.8) is 0 Å². The number of ether oxygens (including phenoxy) is 1. The van der Waals surface area contributed by atoms with Gasteiger partial charge in [0.25, 0.3) is 5.91 Å². The molecule has 0 aromatic heterocycles. The number of esters is 1. The molecule has 1 aromatic rings. The molecule has 2 aliphatic carbocycles. The van der Waals surface area contributed by atoms with Gasteiger partial charge in [0, 0.05) is 26.2 Å². The molecule has 0 bridgehead atoms. The zero-order chi connectivity index (χ0) is 19.9. The van der Waals surface area contributed by atoms with E-state index in [-0.39, 0.29) is 37.5 Å². The monoisotopic (exact) mass is 406 g/mol. The number of carbonyl (C=O) groups excluding carboxylic acids is 2. The highest BCUT2D eigenvalue weighted by molar-refractivity contribution is 7.89. The van der Waals surface area contributed by atoms with Crippen molar-refractivity contribution in [3.8, 4) is 0 Å². The fourth-order valence-electron chi connectivity index (χ4n) is 4.02. The number of hydrogen-bond acceptors (Lipinski definition) is 5. The Bertz CT molecular complexity index is 890. The molecule has 2 atom stereocenters. The predicted molar refractivity (Wildman–Crippen MR) is 102 cm³/mol. The largest absolute Gasteiger partial charge is 0.455 e. The normalized spacial score (nSPS) is 24.7. The van der Waals surface area contributed by atoms with Crippen LogP contribution in [-0.2, 0) is 37.2 Å². The summed E-state index contributed by atoms with van der Waals surface area (Å²) in [6.45, 7) is 2.83. The summed E-state index contributed by atoms with van der Waals surface area (Å²) in [6, 6.07) is 5.41. The average molecular weight is 407 g/mol. The molecule has 0 unspecified atom stereocenters. The van der Waals surface area contributed by atoms with Crippen molar-refractivity contribution in [2.24, 2.45) is 11.8 Å². The molecule has 0 N–H and O–H groups in total. The van der Waals surface area contributed by atoms with E-state index in [1.807, 2.05) is 13.0 Å². The second kappa shape index (κ2) is 7.48. The van der Waals surface area contributed by atoms with Gasteiger partial charge >= 0.3 is 5.97 Å². The van der Waals surface area contributed by atoms with Crippen LogP contribution in [0.25, 0.3) is 0 Å². The van der Waals surface area contributed by atoms with E-state index in [4.69, 9.17) is 4.74 Å². The van der Waals surface area contributed by atoms with Crippen LogP contribution in [0.15, 0.2) is 23.1 Å². The van der Waals surface area contributed by atoms with Crippen molar-refractivity contribution in [2.75, 3.05) is 32.8 Å². The van der Waals surface area contributed by atoms with Crippen LogP contribution in [0.1, 0.15) is 30.9 Å². The van der Waals surface area contributed by atoms with Crippen LogP contribution in [0.3, 0.4) is 0 Å². The van der Waals surface area contributed by atoms with Gasteiger partial charge in [-0.3, -0.25) is 9.59 Å². The molecule has 4 rings (SSSR count). The summed E-state index contributed by atoms with van der Waals surface area (Å²) in [5, 5.41) is 0. The number of nitrogens with zero attached hydrogens (tertiary/aromatic N) is 2. The number of benzene rings is 1. The fraction of sp³-hybridized carbons (Fsp3) is 0.600. The van der Waals surface area contributed by atoms with Crippen molar-refractivity contribution < 1.29 is 22.7 Å². The predicted octanol–water partition coefficient (Wildman–Crippen LogP) is 1.21. The molecule has 0 radical (unpaired) electrons. The number of hydrogen-bond donors (Lipinski definition) is 0. The van der Waals surface area contributed by atoms with Crippen LogP contribution in [-0.4, -0.2) is 62.3 Å². The van der Waals surface area contributed by atoms with Gasteiger partial charge < -0.3 is 9.64 Å². The Labute approximate surface area is 165 Å². The maximum absolute atomic E-state index is 12.9. The Hall–Kier alpha value is -1.93. The van der Waals surface area contributed by atoms with Gasteiger partial charge in [-0.15, -0.1) is 0 Å². The molecule has 152 valence electrons. The maximum atomic E-state index is 12.9. The fourth-order valence-corrected chi connectivity index (χ4v) is 5.49. The average Bonchev–Trinajstić information content (AvgIpc) is 3.24. The first-order chi connectivity index (χ1) is 13.4. The van der Waals surface area contributed by atoms with Crippen molar-refractivity contribution in [3.05, 3.63) is 29.3 Å². The van der Waals surface area contributed by atoms with Gasteiger partial charge in [0.05, 0.1) is 10.8 Å². The number of fused-ring (bicyclic) bond motifs is 1. The van der Waals surface area contributed by atoms with E-state index in [0.29, 0.717) is 23.9 Å². The maximum Gasteiger partial charge on any atom is 0.309 e. The zero-order valence-corrected chi connectivity index (χ0v) is 16.9. The molecule has 0 spiro atoms. The van der Waals surface area contributed by atoms with Crippen LogP contribution in [0.5, 0.6) is 0 Å². The Morgan fingerprint density at radius 3 is 2.46 bits per heavy atom. The number of carbonyl (C=O) groups is 2. The lowest BCUT2D eigenvalue weighted by Crippen LogP contribution is -2.51. The molecular weight excluding hydrogens is 380 g/mol. The molecule has 1 amide bonds. The van der Waals surface area contributed by atoms with Crippen LogP contribution in [0.2, 0.25) is 0 Å². The van der Waals surface area contributed by atoms with Crippen molar-refractivity contribution in [1.82, 2.24) is 9.21 Å². The number of aryl methyl sites for hydroxylation is 2. The van der Waals surface area contributed by atoms with Gasteiger partial charge in [-0.25, -0.2) is 8.42 Å². The quantitative estimate of drug-likeness (QED) is 0.687. The molecule has 7 nitrogen and oxygen atoms in total. The van der Waals surface area contributed by atoms with Crippen LogP contribution < -0.4 is 0 Å². The Morgan fingerprint density at radius 2 is 1.79 bits per heavy atom. The standard InChI is InChI=1S/C20H26N2O5S/c1-14-11-18(14)20(24)27-13-19(23)21-7-9-22(10-8-21)28(25,26)17-6-5-15-3-2-4-16(15)12-17/h5-6,12,14,18H,2-4,7-11,13H2,1H3/t14-,18+/m0/s1. The summed E-state index contributed by atoms with van der Waals surface area (Å²) in [4.78, 5) is 25.9. The second-order valence-electron chi connectivity index (χ2n) is 8.00. The number of piperazine rings is 1. The molecule has 8 heteroatoms. The van der Waals surface area contributed by atoms with Gasteiger partial charge in [-0.05, 0) is 54.9 Å². The van der Waals surface area contributed by atoms with E-state index in [0.717, 1.165) is 31.2 Å². The molecule has 1 aromatic carbocycles. The highest BCUT2D eigenvalue weighted by Crippen LogP contribution is 2.38. The molecule has 3 aliphatic rings. The third-order valence-electron chi connectivity index (χ3n) is 6.05. The minimum absolute atomic E-state index is 0.0675. The van der Waals surface area contributed by atoms with Crippen LogP contribution in [0, 0.1) is 11.8 Å². The van der Waals surface area contributed by atoms with Crippen molar-refractivity contribution in [1.29, 1.82) is 0 Å².